The van der Waals surface area contributed by atoms with Crippen molar-refractivity contribution in [3.05, 3.63) is 42.0 Å². The molecule has 0 fully saturated rings. The fourth-order valence-electron chi connectivity index (χ4n) is 1.70. The van der Waals surface area contributed by atoms with E-state index in [0.717, 1.165) is 6.42 Å². The third-order valence-corrected chi connectivity index (χ3v) is 3.83. The second kappa shape index (κ2) is 7.59. The third kappa shape index (κ3) is 4.84. The number of hydrogen-bond donors (Lipinski definition) is 1. The Kier molecular flexibility index (Phi) is 5.78. The molecule has 1 unspecified atom stereocenters. The number of nitrogens with zero attached hydrogens (tertiary/aromatic N) is 2. The molecule has 21 heavy (non-hydrogen) atoms. The van der Waals surface area contributed by atoms with Crippen molar-refractivity contribution in [2.75, 3.05) is 13.2 Å². The zero-order valence-electron chi connectivity index (χ0n) is 12.4. The molecule has 1 heterocycles. The van der Waals surface area contributed by atoms with Gasteiger partial charge in [0.25, 0.3) is 0 Å². The SMILES string of the molecule is CCCOCC(C)(N)c1noc(CSc2ccccc2)n1. The molecule has 0 radical (unpaired) electrons. The summed E-state index contributed by atoms with van der Waals surface area (Å²) in [5.74, 6) is 1.69. The summed E-state index contributed by atoms with van der Waals surface area (Å²) in [5, 5.41) is 3.97. The van der Waals surface area contributed by atoms with Gasteiger partial charge in [-0.2, -0.15) is 4.98 Å². The highest BCUT2D eigenvalue weighted by atomic mass is 32.2. The summed E-state index contributed by atoms with van der Waals surface area (Å²) < 4.78 is 10.8. The highest BCUT2D eigenvalue weighted by molar-refractivity contribution is 7.98. The van der Waals surface area contributed by atoms with Gasteiger partial charge < -0.3 is 15.0 Å². The summed E-state index contributed by atoms with van der Waals surface area (Å²) in [6, 6.07) is 10.1. The smallest absolute Gasteiger partial charge is 0.237 e. The van der Waals surface area contributed by atoms with E-state index in [1.807, 2.05) is 37.3 Å². The molecule has 0 bridgehead atoms. The minimum Gasteiger partial charge on any atom is -0.379 e. The van der Waals surface area contributed by atoms with E-state index in [2.05, 4.69) is 17.1 Å². The lowest BCUT2D eigenvalue weighted by molar-refractivity contribution is 0.0867. The maximum Gasteiger partial charge on any atom is 0.237 e. The molecule has 1 aromatic heterocycles. The van der Waals surface area contributed by atoms with Crippen LogP contribution in [-0.2, 0) is 16.0 Å². The van der Waals surface area contributed by atoms with Crippen LogP contribution in [-0.4, -0.2) is 23.4 Å². The maximum absolute atomic E-state index is 6.18. The Hall–Kier alpha value is -1.37. The van der Waals surface area contributed by atoms with Crippen molar-refractivity contribution in [3.63, 3.8) is 0 Å². The molecule has 2 N–H and O–H groups in total. The Morgan fingerprint density at radius 3 is 2.81 bits per heavy atom. The van der Waals surface area contributed by atoms with Crippen molar-refractivity contribution in [2.24, 2.45) is 5.73 Å². The van der Waals surface area contributed by atoms with Crippen LogP contribution in [0.25, 0.3) is 0 Å². The minimum absolute atomic E-state index is 0.381. The number of benzene rings is 1. The van der Waals surface area contributed by atoms with Crippen LogP contribution < -0.4 is 5.73 Å². The molecule has 1 atom stereocenters. The number of ether oxygens (including phenoxy) is 1. The largest absolute Gasteiger partial charge is 0.379 e. The number of aromatic nitrogens is 2. The van der Waals surface area contributed by atoms with Crippen molar-refractivity contribution in [1.29, 1.82) is 0 Å². The van der Waals surface area contributed by atoms with Gasteiger partial charge in [-0.1, -0.05) is 30.3 Å². The van der Waals surface area contributed by atoms with Crippen molar-refractivity contribution in [2.45, 2.75) is 36.5 Å². The second-order valence-corrected chi connectivity index (χ2v) is 6.13. The average Bonchev–Trinajstić information content (AvgIpc) is 2.96. The van der Waals surface area contributed by atoms with E-state index in [-0.39, 0.29) is 0 Å². The van der Waals surface area contributed by atoms with E-state index in [0.29, 0.717) is 30.7 Å². The molecule has 0 saturated carbocycles. The van der Waals surface area contributed by atoms with Crippen LogP contribution in [0.15, 0.2) is 39.8 Å². The lowest BCUT2D eigenvalue weighted by Gasteiger charge is -2.19. The summed E-state index contributed by atoms with van der Waals surface area (Å²) in [5.41, 5.74) is 5.45. The summed E-state index contributed by atoms with van der Waals surface area (Å²) in [4.78, 5) is 5.54. The Labute approximate surface area is 129 Å². The van der Waals surface area contributed by atoms with Gasteiger partial charge in [0.15, 0.2) is 5.82 Å². The second-order valence-electron chi connectivity index (χ2n) is 5.08. The quantitative estimate of drug-likeness (QED) is 0.597. The first kappa shape index (κ1) is 16.0. The van der Waals surface area contributed by atoms with Gasteiger partial charge in [-0.15, -0.1) is 11.8 Å². The lowest BCUT2D eigenvalue weighted by Crippen LogP contribution is -2.39. The maximum atomic E-state index is 6.18. The first-order valence-electron chi connectivity index (χ1n) is 6.99. The Morgan fingerprint density at radius 2 is 2.10 bits per heavy atom. The standard InChI is InChI=1S/C15H21N3O2S/c1-3-9-19-11-15(2,16)14-17-13(20-18-14)10-21-12-7-5-4-6-8-12/h4-8H,3,9-11,16H2,1-2H3. The van der Waals surface area contributed by atoms with Crippen molar-refractivity contribution in [1.82, 2.24) is 10.1 Å². The van der Waals surface area contributed by atoms with Crippen LogP contribution in [0.3, 0.4) is 0 Å². The number of hydrogen-bond acceptors (Lipinski definition) is 6. The van der Waals surface area contributed by atoms with Gasteiger partial charge in [0.1, 0.15) is 5.54 Å². The van der Waals surface area contributed by atoms with Crippen molar-refractivity contribution >= 4 is 11.8 Å². The summed E-state index contributed by atoms with van der Waals surface area (Å²) in [6.07, 6.45) is 0.960. The Balaban J connectivity index is 1.91. The molecular formula is C15H21N3O2S. The molecule has 0 aliphatic rings. The van der Waals surface area contributed by atoms with Crippen LogP contribution in [0.5, 0.6) is 0 Å². The number of thioether (sulfide) groups is 1. The summed E-state index contributed by atoms with van der Waals surface area (Å²) in [6.45, 7) is 4.97. The van der Waals surface area contributed by atoms with E-state index in [1.165, 1.54) is 4.90 Å². The van der Waals surface area contributed by atoms with Gasteiger partial charge in [-0.05, 0) is 25.5 Å². The molecular weight excluding hydrogens is 286 g/mol. The highest BCUT2D eigenvalue weighted by Crippen LogP contribution is 2.23. The summed E-state index contributed by atoms with van der Waals surface area (Å²) >= 11 is 1.65. The van der Waals surface area contributed by atoms with E-state index >= 15 is 0 Å². The molecule has 0 amide bonds. The summed E-state index contributed by atoms with van der Waals surface area (Å²) in [7, 11) is 0. The predicted molar refractivity (Wildman–Crippen MR) is 83.0 cm³/mol. The van der Waals surface area contributed by atoms with E-state index in [9.17, 15) is 0 Å². The van der Waals surface area contributed by atoms with Crippen molar-refractivity contribution < 1.29 is 9.26 Å². The van der Waals surface area contributed by atoms with Gasteiger partial charge in [0.2, 0.25) is 5.89 Å². The van der Waals surface area contributed by atoms with Gasteiger partial charge in [-0.3, -0.25) is 0 Å². The highest BCUT2D eigenvalue weighted by Gasteiger charge is 2.27. The van der Waals surface area contributed by atoms with E-state index in [1.54, 1.807) is 11.8 Å². The van der Waals surface area contributed by atoms with Crippen LogP contribution in [0.2, 0.25) is 0 Å². The zero-order valence-corrected chi connectivity index (χ0v) is 13.2. The van der Waals surface area contributed by atoms with Crippen LogP contribution in [0, 0.1) is 0 Å². The Morgan fingerprint density at radius 1 is 1.33 bits per heavy atom. The molecule has 6 heteroatoms. The monoisotopic (exact) mass is 307 g/mol. The molecule has 1 aromatic carbocycles. The molecule has 0 aliphatic heterocycles. The molecule has 114 valence electrons. The topological polar surface area (TPSA) is 74.2 Å². The molecule has 0 aliphatic carbocycles. The third-order valence-electron chi connectivity index (χ3n) is 2.83. The average molecular weight is 307 g/mol. The fourth-order valence-corrected chi connectivity index (χ4v) is 2.46. The van der Waals surface area contributed by atoms with Crippen LogP contribution in [0.4, 0.5) is 0 Å². The number of rotatable bonds is 8. The molecule has 2 rings (SSSR count). The molecule has 0 spiro atoms. The van der Waals surface area contributed by atoms with Gasteiger partial charge in [0, 0.05) is 11.5 Å². The van der Waals surface area contributed by atoms with E-state index < -0.39 is 5.54 Å². The van der Waals surface area contributed by atoms with Gasteiger partial charge >= 0.3 is 0 Å². The Bertz CT molecular complexity index is 543. The first-order valence-corrected chi connectivity index (χ1v) is 7.98. The van der Waals surface area contributed by atoms with Crippen LogP contribution in [0.1, 0.15) is 32.0 Å². The normalized spacial score (nSPS) is 14.0. The predicted octanol–water partition coefficient (Wildman–Crippen LogP) is 2.96. The zero-order chi connectivity index (χ0) is 15.1. The van der Waals surface area contributed by atoms with Crippen LogP contribution >= 0.6 is 11.8 Å². The van der Waals surface area contributed by atoms with Crippen molar-refractivity contribution in [3.8, 4) is 0 Å². The first-order chi connectivity index (χ1) is 10.1. The number of nitrogens with two attached hydrogens (primary N) is 1. The molecule has 2 aromatic rings. The lowest BCUT2D eigenvalue weighted by atomic mass is 10.1. The minimum atomic E-state index is -0.728. The van der Waals surface area contributed by atoms with Gasteiger partial charge in [-0.25, -0.2) is 0 Å². The molecule has 0 saturated heterocycles. The molecule has 5 nitrogen and oxygen atoms in total. The van der Waals surface area contributed by atoms with E-state index in [4.69, 9.17) is 15.0 Å². The fraction of sp³-hybridized carbons (Fsp3) is 0.467. The van der Waals surface area contributed by atoms with Gasteiger partial charge in [0.05, 0.1) is 12.4 Å².